The molecule has 1 fully saturated rings. The van der Waals surface area contributed by atoms with Crippen molar-refractivity contribution in [3.05, 3.63) is 47.3 Å². The molecule has 5 heteroatoms. The van der Waals surface area contributed by atoms with Gasteiger partial charge in [-0.3, -0.25) is 0 Å². The number of aromatic nitrogens is 2. The summed E-state index contributed by atoms with van der Waals surface area (Å²) < 4.78 is 1.94. The lowest BCUT2D eigenvalue weighted by Crippen LogP contribution is -2.38. The smallest absolute Gasteiger partial charge is 0.317 e. The van der Waals surface area contributed by atoms with Crippen LogP contribution in [0.15, 0.2) is 30.3 Å². The maximum atomic E-state index is 12.3. The molecular formula is C18H24N4O. The molecule has 0 radical (unpaired) electrons. The summed E-state index contributed by atoms with van der Waals surface area (Å²) in [7, 11) is 0. The van der Waals surface area contributed by atoms with Crippen LogP contribution in [0.4, 0.5) is 4.79 Å². The summed E-state index contributed by atoms with van der Waals surface area (Å²) >= 11 is 0. The van der Waals surface area contributed by atoms with Gasteiger partial charge in [0.25, 0.3) is 0 Å². The molecule has 1 aliphatic rings. The van der Waals surface area contributed by atoms with Crippen LogP contribution in [0.2, 0.25) is 0 Å². The average molecular weight is 312 g/mol. The molecule has 1 unspecified atom stereocenters. The SMILES string of the molecule is Cc1nn(-c2ccccc2)c(C)c1CNC(=O)N1CCC(C)C1. The summed E-state index contributed by atoms with van der Waals surface area (Å²) in [4.78, 5) is 14.2. The molecule has 1 N–H and O–H groups in total. The first kappa shape index (κ1) is 15.6. The molecule has 3 rings (SSSR count). The van der Waals surface area contributed by atoms with Crippen LogP contribution in [-0.2, 0) is 6.54 Å². The zero-order valence-corrected chi connectivity index (χ0v) is 14.0. The Balaban J connectivity index is 1.71. The lowest BCUT2D eigenvalue weighted by molar-refractivity contribution is 0.207. The number of rotatable bonds is 3. The molecule has 2 amide bonds. The Kier molecular flexibility index (Phi) is 4.37. The number of likely N-dealkylation sites (tertiary alicyclic amines) is 1. The minimum absolute atomic E-state index is 0.0283. The molecular weight excluding hydrogens is 288 g/mol. The van der Waals surface area contributed by atoms with Crippen LogP contribution in [0, 0.1) is 19.8 Å². The van der Waals surface area contributed by atoms with E-state index in [0.717, 1.165) is 42.1 Å². The Hall–Kier alpha value is -2.30. The van der Waals surface area contributed by atoms with Crippen molar-refractivity contribution in [3.63, 3.8) is 0 Å². The molecule has 0 saturated carbocycles. The summed E-state index contributed by atoms with van der Waals surface area (Å²) in [6.45, 7) is 8.46. The molecule has 1 aromatic carbocycles. The van der Waals surface area contributed by atoms with Crippen LogP contribution >= 0.6 is 0 Å². The third-order valence-corrected chi connectivity index (χ3v) is 4.57. The maximum absolute atomic E-state index is 12.3. The van der Waals surface area contributed by atoms with Gasteiger partial charge in [0, 0.05) is 30.9 Å². The minimum atomic E-state index is 0.0283. The molecule has 1 atom stereocenters. The lowest BCUT2D eigenvalue weighted by Gasteiger charge is -2.17. The Bertz CT molecular complexity index is 693. The van der Waals surface area contributed by atoms with Crippen LogP contribution in [0.1, 0.15) is 30.3 Å². The highest BCUT2D eigenvalue weighted by Crippen LogP contribution is 2.18. The van der Waals surface area contributed by atoms with E-state index in [2.05, 4.69) is 17.3 Å². The first-order valence-corrected chi connectivity index (χ1v) is 8.19. The van der Waals surface area contributed by atoms with Gasteiger partial charge >= 0.3 is 6.03 Å². The van der Waals surface area contributed by atoms with Gasteiger partial charge in [-0.2, -0.15) is 5.10 Å². The molecule has 0 bridgehead atoms. The van der Waals surface area contributed by atoms with Gasteiger partial charge in [0.1, 0.15) is 0 Å². The topological polar surface area (TPSA) is 50.2 Å². The zero-order valence-electron chi connectivity index (χ0n) is 14.0. The largest absolute Gasteiger partial charge is 0.334 e. The monoisotopic (exact) mass is 312 g/mol. The maximum Gasteiger partial charge on any atom is 0.317 e. The van der Waals surface area contributed by atoms with Crippen LogP contribution in [0.3, 0.4) is 0 Å². The van der Waals surface area contributed by atoms with E-state index in [0.29, 0.717) is 12.5 Å². The summed E-state index contributed by atoms with van der Waals surface area (Å²) in [5, 5.41) is 7.66. The van der Waals surface area contributed by atoms with Crippen molar-refractivity contribution in [3.8, 4) is 5.69 Å². The number of benzene rings is 1. The average Bonchev–Trinajstić information content (AvgIpc) is 3.10. The fourth-order valence-electron chi connectivity index (χ4n) is 3.15. The molecule has 23 heavy (non-hydrogen) atoms. The van der Waals surface area contributed by atoms with E-state index in [4.69, 9.17) is 0 Å². The van der Waals surface area contributed by atoms with E-state index in [9.17, 15) is 4.79 Å². The fourth-order valence-corrected chi connectivity index (χ4v) is 3.15. The van der Waals surface area contributed by atoms with Gasteiger partial charge in [0.15, 0.2) is 0 Å². The first-order chi connectivity index (χ1) is 11.1. The van der Waals surface area contributed by atoms with Crippen molar-refractivity contribution >= 4 is 6.03 Å². The Morgan fingerprint density at radius 1 is 1.30 bits per heavy atom. The molecule has 1 aromatic heterocycles. The Morgan fingerprint density at radius 2 is 2.04 bits per heavy atom. The van der Waals surface area contributed by atoms with Gasteiger partial charge in [0.2, 0.25) is 0 Å². The quantitative estimate of drug-likeness (QED) is 0.947. The van der Waals surface area contributed by atoms with Crippen molar-refractivity contribution in [2.75, 3.05) is 13.1 Å². The van der Waals surface area contributed by atoms with Crippen molar-refractivity contribution in [2.24, 2.45) is 5.92 Å². The second kappa shape index (κ2) is 6.44. The number of amides is 2. The van der Waals surface area contributed by atoms with Gasteiger partial charge in [-0.1, -0.05) is 25.1 Å². The standard InChI is InChI=1S/C18H24N4O/c1-13-9-10-21(12-13)18(23)19-11-17-14(2)20-22(15(17)3)16-7-5-4-6-8-16/h4-8,13H,9-12H2,1-3H3,(H,19,23). The summed E-state index contributed by atoms with van der Waals surface area (Å²) in [5.74, 6) is 0.602. The first-order valence-electron chi connectivity index (χ1n) is 8.19. The van der Waals surface area contributed by atoms with Gasteiger partial charge in [-0.05, 0) is 38.3 Å². The van der Waals surface area contributed by atoms with Gasteiger partial charge in [-0.15, -0.1) is 0 Å². The number of aryl methyl sites for hydroxylation is 1. The number of para-hydroxylation sites is 1. The number of urea groups is 1. The third kappa shape index (κ3) is 3.23. The van der Waals surface area contributed by atoms with Crippen LogP contribution < -0.4 is 5.32 Å². The number of carbonyl (C=O) groups is 1. The Morgan fingerprint density at radius 3 is 2.70 bits per heavy atom. The number of nitrogens with zero attached hydrogens (tertiary/aromatic N) is 3. The molecule has 5 nitrogen and oxygen atoms in total. The van der Waals surface area contributed by atoms with E-state index in [1.54, 1.807) is 0 Å². The molecule has 0 spiro atoms. The van der Waals surface area contributed by atoms with E-state index in [1.807, 2.05) is 53.8 Å². The third-order valence-electron chi connectivity index (χ3n) is 4.57. The molecule has 0 aliphatic carbocycles. The number of hydrogen-bond acceptors (Lipinski definition) is 2. The van der Waals surface area contributed by atoms with E-state index in [-0.39, 0.29) is 6.03 Å². The van der Waals surface area contributed by atoms with Crippen LogP contribution in [0.5, 0.6) is 0 Å². The highest BCUT2D eigenvalue weighted by atomic mass is 16.2. The van der Waals surface area contributed by atoms with Gasteiger partial charge in [0.05, 0.1) is 11.4 Å². The zero-order chi connectivity index (χ0) is 16.4. The highest BCUT2D eigenvalue weighted by Gasteiger charge is 2.23. The van der Waals surface area contributed by atoms with Crippen molar-refractivity contribution < 1.29 is 4.79 Å². The second-order valence-electron chi connectivity index (χ2n) is 6.40. The van der Waals surface area contributed by atoms with Crippen molar-refractivity contribution in [1.29, 1.82) is 0 Å². The van der Waals surface area contributed by atoms with Crippen molar-refractivity contribution in [1.82, 2.24) is 20.0 Å². The Labute approximate surface area is 137 Å². The predicted molar refractivity (Wildman–Crippen MR) is 90.6 cm³/mol. The highest BCUT2D eigenvalue weighted by molar-refractivity contribution is 5.74. The van der Waals surface area contributed by atoms with E-state index < -0.39 is 0 Å². The summed E-state index contributed by atoms with van der Waals surface area (Å²) in [6, 6.07) is 10.1. The summed E-state index contributed by atoms with van der Waals surface area (Å²) in [5.41, 5.74) is 4.17. The van der Waals surface area contributed by atoms with E-state index in [1.165, 1.54) is 0 Å². The number of hydrogen-bond donors (Lipinski definition) is 1. The van der Waals surface area contributed by atoms with Gasteiger partial charge in [-0.25, -0.2) is 9.48 Å². The number of nitrogens with one attached hydrogen (secondary N) is 1. The molecule has 1 saturated heterocycles. The van der Waals surface area contributed by atoms with Crippen LogP contribution in [0.25, 0.3) is 5.69 Å². The fraction of sp³-hybridized carbons (Fsp3) is 0.444. The minimum Gasteiger partial charge on any atom is -0.334 e. The molecule has 122 valence electrons. The normalized spacial score (nSPS) is 17.5. The second-order valence-corrected chi connectivity index (χ2v) is 6.40. The molecule has 1 aliphatic heterocycles. The van der Waals surface area contributed by atoms with Crippen molar-refractivity contribution in [2.45, 2.75) is 33.7 Å². The summed E-state index contributed by atoms with van der Waals surface area (Å²) in [6.07, 6.45) is 1.09. The predicted octanol–water partition coefficient (Wildman–Crippen LogP) is 3.04. The van der Waals surface area contributed by atoms with E-state index >= 15 is 0 Å². The molecule has 2 heterocycles. The lowest BCUT2D eigenvalue weighted by atomic mass is 10.2. The molecule has 2 aromatic rings. The van der Waals surface area contributed by atoms with Gasteiger partial charge < -0.3 is 10.2 Å². The number of carbonyl (C=O) groups excluding carboxylic acids is 1. The van der Waals surface area contributed by atoms with Crippen LogP contribution in [-0.4, -0.2) is 33.8 Å².